The average Bonchev–Trinajstić information content (AvgIpc) is 3.37. The molecule has 1 N–H and O–H groups in total. The molecule has 0 unspecified atom stereocenters. The van der Waals surface area contributed by atoms with Gasteiger partial charge in [-0.2, -0.15) is 4.98 Å². The zero-order valence-electron chi connectivity index (χ0n) is 17.9. The van der Waals surface area contributed by atoms with Gasteiger partial charge in [-0.05, 0) is 73.4 Å². The van der Waals surface area contributed by atoms with E-state index in [1.54, 1.807) is 25.6 Å². The Morgan fingerprint density at radius 1 is 1.16 bits per heavy atom. The molecule has 6 nitrogen and oxygen atoms in total. The maximum atomic E-state index is 13.4. The Balaban J connectivity index is 1.54. The van der Waals surface area contributed by atoms with Crippen molar-refractivity contribution in [1.29, 1.82) is 0 Å². The number of hydrogen-bond acceptors (Lipinski definition) is 4. The molecule has 1 aliphatic heterocycles. The van der Waals surface area contributed by atoms with Gasteiger partial charge in [0.1, 0.15) is 23.1 Å². The highest BCUT2D eigenvalue weighted by Crippen LogP contribution is 2.38. The van der Waals surface area contributed by atoms with Crippen LogP contribution >= 0.6 is 0 Å². The van der Waals surface area contributed by atoms with E-state index in [0.29, 0.717) is 5.69 Å². The van der Waals surface area contributed by atoms with E-state index < -0.39 is 0 Å². The van der Waals surface area contributed by atoms with Crippen molar-refractivity contribution in [2.24, 2.45) is 0 Å². The number of hydrogen-bond donors (Lipinski definition) is 1. The fourth-order valence-corrected chi connectivity index (χ4v) is 4.22. The summed E-state index contributed by atoms with van der Waals surface area (Å²) in [6.07, 6.45) is 7.57. The second-order valence-electron chi connectivity index (χ2n) is 7.89. The molecule has 0 spiro atoms. The molecule has 4 aromatic rings. The Bertz CT molecular complexity index is 1320. The van der Waals surface area contributed by atoms with Crippen LogP contribution in [0.3, 0.4) is 0 Å². The van der Waals surface area contributed by atoms with Crippen molar-refractivity contribution < 1.29 is 14.2 Å². The van der Waals surface area contributed by atoms with E-state index in [2.05, 4.69) is 16.0 Å². The standard InChI is InChI=1S/C25H23FN4O2/c1-16-14-29(15-27-16)21-10-5-17(13-22(21)32-2)12-19-4-3-11-30-23(25(31)28-24(19)30)18-6-8-20(26)9-7-18/h5-10,12-15,31H,3-4,11H2,1-2H3. The van der Waals surface area contributed by atoms with Gasteiger partial charge in [0.2, 0.25) is 5.88 Å². The quantitative estimate of drug-likeness (QED) is 0.481. The third-order valence-electron chi connectivity index (χ3n) is 5.72. The number of benzene rings is 2. The summed E-state index contributed by atoms with van der Waals surface area (Å²) >= 11 is 0. The smallest absolute Gasteiger partial charge is 0.238 e. The normalized spacial score (nSPS) is 14.5. The summed E-state index contributed by atoms with van der Waals surface area (Å²) in [5.41, 5.74) is 5.23. The van der Waals surface area contributed by atoms with E-state index in [0.717, 1.165) is 59.0 Å². The van der Waals surface area contributed by atoms with Crippen molar-refractivity contribution in [1.82, 2.24) is 19.1 Å². The van der Waals surface area contributed by atoms with Crippen LogP contribution in [-0.2, 0) is 6.54 Å². The minimum Gasteiger partial charge on any atom is -0.495 e. The van der Waals surface area contributed by atoms with E-state index >= 15 is 0 Å². The maximum absolute atomic E-state index is 13.4. The number of methoxy groups -OCH3 is 1. The molecule has 1 aliphatic rings. The predicted octanol–water partition coefficient (Wildman–Crippen LogP) is 5.23. The lowest BCUT2D eigenvalue weighted by molar-refractivity contribution is 0.413. The highest BCUT2D eigenvalue weighted by molar-refractivity contribution is 5.82. The number of aromatic nitrogens is 4. The minimum absolute atomic E-state index is 0.0391. The first-order valence-electron chi connectivity index (χ1n) is 10.5. The molecular formula is C25H23FN4O2. The highest BCUT2D eigenvalue weighted by Gasteiger charge is 2.24. The summed E-state index contributed by atoms with van der Waals surface area (Å²) in [5, 5.41) is 10.6. The lowest BCUT2D eigenvalue weighted by atomic mass is 10.0. The van der Waals surface area contributed by atoms with Crippen LogP contribution in [-0.4, -0.2) is 31.3 Å². The van der Waals surface area contributed by atoms with Gasteiger partial charge in [-0.1, -0.05) is 6.07 Å². The Labute approximate surface area is 185 Å². The zero-order chi connectivity index (χ0) is 22.2. The van der Waals surface area contributed by atoms with E-state index in [-0.39, 0.29) is 11.7 Å². The van der Waals surface area contributed by atoms with Crippen molar-refractivity contribution in [2.75, 3.05) is 7.11 Å². The fourth-order valence-electron chi connectivity index (χ4n) is 4.22. The number of imidazole rings is 2. The number of ether oxygens (including phenoxy) is 1. The molecule has 3 heterocycles. The summed E-state index contributed by atoms with van der Waals surface area (Å²) < 4.78 is 22.9. The third-order valence-corrected chi connectivity index (χ3v) is 5.72. The molecule has 0 bridgehead atoms. The number of rotatable bonds is 4. The molecule has 0 saturated heterocycles. The molecule has 7 heteroatoms. The van der Waals surface area contributed by atoms with Gasteiger partial charge in [-0.3, -0.25) is 0 Å². The summed E-state index contributed by atoms with van der Waals surface area (Å²) in [4.78, 5) is 8.74. The minimum atomic E-state index is -0.310. The number of halogens is 1. The van der Waals surface area contributed by atoms with Gasteiger partial charge in [0.05, 0.1) is 24.8 Å². The molecule has 32 heavy (non-hydrogen) atoms. The van der Waals surface area contributed by atoms with Crippen molar-refractivity contribution in [3.8, 4) is 28.6 Å². The van der Waals surface area contributed by atoms with Crippen LogP contribution < -0.4 is 4.74 Å². The van der Waals surface area contributed by atoms with Crippen LogP contribution in [0, 0.1) is 12.7 Å². The summed E-state index contributed by atoms with van der Waals surface area (Å²) in [6, 6.07) is 12.1. The molecule has 2 aromatic carbocycles. The Kier molecular flexibility index (Phi) is 5.01. The van der Waals surface area contributed by atoms with E-state index in [1.165, 1.54) is 12.1 Å². The van der Waals surface area contributed by atoms with Gasteiger partial charge in [0.25, 0.3) is 0 Å². The van der Waals surface area contributed by atoms with E-state index in [4.69, 9.17) is 4.74 Å². The van der Waals surface area contributed by atoms with Crippen LogP contribution in [0.5, 0.6) is 11.6 Å². The van der Waals surface area contributed by atoms with Crippen LogP contribution in [0.4, 0.5) is 4.39 Å². The number of nitrogens with zero attached hydrogens (tertiary/aromatic N) is 4. The van der Waals surface area contributed by atoms with E-state index in [1.807, 2.05) is 40.5 Å². The lowest BCUT2D eigenvalue weighted by Crippen LogP contribution is -2.11. The molecule has 162 valence electrons. The highest BCUT2D eigenvalue weighted by atomic mass is 19.1. The topological polar surface area (TPSA) is 65.1 Å². The molecule has 5 rings (SSSR count). The zero-order valence-corrected chi connectivity index (χ0v) is 17.9. The first-order valence-corrected chi connectivity index (χ1v) is 10.5. The van der Waals surface area contributed by atoms with Gasteiger partial charge in [-0.15, -0.1) is 0 Å². The third kappa shape index (κ3) is 3.56. The number of aryl methyl sites for hydroxylation is 1. The molecule has 0 radical (unpaired) electrons. The van der Waals surface area contributed by atoms with Crippen LogP contribution in [0.15, 0.2) is 55.0 Å². The monoisotopic (exact) mass is 430 g/mol. The molecule has 2 aromatic heterocycles. The average molecular weight is 430 g/mol. The van der Waals surface area contributed by atoms with E-state index in [9.17, 15) is 9.50 Å². The van der Waals surface area contributed by atoms with Crippen molar-refractivity contribution in [2.45, 2.75) is 26.3 Å². The second-order valence-corrected chi connectivity index (χ2v) is 7.89. The van der Waals surface area contributed by atoms with Crippen LogP contribution in [0.1, 0.15) is 29.9 Å². The number of aromatic hydroxyl groups is 1. The second kappa shape index (κ2) is 8.00. The Morgan fingerprint density at radius 3 is 2.69 bits per heavy atom. The van der Waals surface area contributed by atoms with Gasteiger partial charge in [0, 0.05) is 18.3 Å². The van der Waals surface area contributed by atoms with Crippen molar-refractivity contribution in [3.63, 3.8) is 0 Å². The first-order chi connectivity index (χ1) is 15.5. The van der Waals surface area contributed by atoms with Gasteiger partial charge in [-0.25, -0.2) is 9.37 Å². The molecule has 0 aliphatic carbocycles. The molecule has 0 saturated carbocycles. The summed E-state index contributed by atoms with van der Waals surface area (Å²) in [6.45, 7) is 2.69. The number of allylic oxidation sites excluding steroid dienone is 1. The van der Waals surface area contributed by atoms with Gasteiger partial charge >= 0.3 is 0 Å². The van der Waals surface area contributed by atoms with Crippen molar-refractivity contribution in [3.05, 3.63) is 77.9 Å². The van der Waals surface area contributed by atoms with Crippen LogP contribution in [0.2, 0.25) is 0 Å². The SMILES string of the molecule is COc1cc(C=C2CCCn3c2nc(O)c3-c2ccc(F)cc2)ccc1-n1cnc(C)c1. The van der Waals surface area contributed by atoms with Crippen molar-refractivity contribution >= 4 is 11.6 Å². The summed E-state index contributed by atoms with van der Waals surface area (Å²) in [7, 11) is 1.65. The van der Waals surface area contributed by atoms with Crippen LogP contribution in [0.25, 0.3) is 28.6 Å². The summed E-state index contributed by atoms with van der Waals surface area (Å²) in [5.74, 6) is 1.13. The van der Waals surface area contributed by atoms with Gasteiger partial charge < -0.3 is 19.0 Å². The predicted molar refractivity (Wildman–Crippen MR) is 121 cm³/mol. The molecule has 0 fully saturated rings. The molecule has 0 atom stereocenters. The Hall–Kier alpha value is -3.87. The molecular weight excluding hydrogens is 407 g/mol. The van der Waals surface area contributed by atoms with Gasteiger partial charge in [0.15, 0.2) is 0 Å². The first kappa shape index (κ1) is 20.1. The fraction of sp³-hybridized carbons (Fsp3) is 0.200. The molecule has 0 amide bonds. The number of fused-ring (bicyclic) bond motifs is 1. The Morgan fingerprint density at radius 2 is 1.97 bits per heavy atom. The lowest BCUT2D eigenvalue weighted by Gasteiger charge is -2.19. The maximum Gasteiger partial charge on any atom is 0.238 e. The largest absolute Gasteiger partial charge is 0.495 e.